The lowest BCUT2D eigenvalue weighted by Crippen LogP contribution is -2.10. The van der Waals surface area contributed by atoms with E-state index in [4.69, 9.17) is 16.7 Å². The Kier molecular flexibility index (Phi) is 4.65. The molecule has 0 saturated carbocycles. The Labute approximate surface area is 90.1 Å². The van der Waals surface area contributed by atoms with Crippen molar-refractivity contribution in [2.24, 2.45) is 0 Å². The quantitative estimate of drug-likeness (QED) is 0.643. The molecule has 1 unspecified atom stereocenters. The number of thioether (sulfide) groups is 1. The number of aliphatic hydroxyl groups excluding tert-OH is 1. The zero-order valence-corrected chi connectivity index (χ0v) is 8.79. The standard InChI is InChI=1S/C9H9ClF2OS/c10-4-6(13)5-14-7-1-2-8(11)9(12)3-7/h1-3,6,13H,4-5H2. The fourth-order valence-electron chi connectivity index (χ4n) is 0.804. The summed E-state index contributed by atoms with van der Waals surface area (Å²) in [5.41, 5.74) is 0. The molecule has 0 aliphatic rings. The molecule has 0 aromatic heterocycles. The Morgan fingerprint density at radius 3 is 2.64 bits per heavy atom. The van der Waals surface area contributed by atoms with Crippen molar-refractivity contribution in [1.82, 2.24) is 0 Å². The number of alkyl halides is 1. The van der Waals surface area contributed by atoms with Crippen LogP contribution in [0.2, 0.25) is 0 Å². The van der Waals surface area contributed by atoms with E-state index in [1.807, 2.05) is 0 Å². The SMILES string of the molecule is OC(CCl)CSc1ccc(F)c(F)c1. The van der Waals surface area contributed by atoms with Crippen LogP contribution < -0.4 is 0 Å². The van der Waals surface area contributed by atoms with Gasteiger partial charge in [-0.15, -0.1) is 23.4 Å². The van der Waals surface area contributed by atoms with E-state index in [-0.39, 0.29) is 5.88 Å². The second-order valence-electron chi connectivity index (χ2n) is 2.70. The molecule has 0 saturated heterocycles. The van der Waals surface area contributed by atoms with Gasteiger partial charge in [0.2, 0.25) is 0 Å². The molecular formula is C9H9ClF2OS. The van der Waals surface area contributed by atoms with E-state index in [9.17, 15) is 8.78 Å². The van der Waals surface area contributed by atoms with E-state index >= 15 is 0 Å². The molecule has 5 heteroatoms. The summed E-state index contributed by atoms with van der Waals surface area (Å²) in [7, 11) is 0. The number of hydrogen-bond acceptors (Lipinski definition) is 2. The van der Waals surface area contributed by atoms with Crippen molar-refractivity contribution in [2.75, 3.05) is 11.6 Å². The Morgan fingerprint density at radius 1 is 1.36 bits per heavy atom. The van der Waals surface area contributed by atoms with Crippen LogP contribution in [-0.2, 0) is 0 Å². The first-order chi connectivity index (χ1) is 6.63. The largest absolute Gasteiger partial charge is 0.391 e. The molecule has 0 spiro atoms. The number of aliphatic hydroxyl groups is 1. The first-order valence-corrected chi connectivity index (χ1v) is 5.47. The van der Waals surface area contributed by atoms with E-state index in [1.165, 1.54) is 17.8 Å². The fraction of sp³-hybridized carbons (Fsp3) is 0.333. The van der Waals surface area contributed by atoms with Crippen molar-refractivity contribution in [2.45, 2.75) is 11.0 Å². The summed E-state index contributed by atoms with van der Waals surface area (Å²) in [6.45, 7) is 0. The highest BCUT2D eigenvalue weighted by molar-refractivity contribution is 7.99. The van der Waals surface area contributed by atoms with Crippen LogP contribution in [0, 0.1) is 11.6 Å². The monoisotopic (exact) mass is 238 g/mol. The highest BCUT2D eigenvalue weighted by Crippen LogP contribution is 2.21. The predicted molar refractivity (Wildman–Crippen MR) is 53.8 cm³/mol. The van der Waals surface area contributed by atoms with Crippen LogP contribution in [0.5, 0.6) is 0 Å². The zero-order valence-electron chi connectivity index (χ0n) is 7.21. The van der Waals surface area contributed by atoms with Crippen molar-refractivity contribution in [3.05, 3.63) is 29.8 Å². The molecule has 0 aliphatic heterocycles. The Hall–Kier alpha value is -0.320. The highest BCUT2D eigenvalue weighted by Gasteiger charge is 2.06. The molecule has 0 bridgehead atoms. The lowest BCUT2D eigenvalue weighted by Gasteiger charge is -2.05. The first-order valence-electron chi connectivity index (χ1n) is 3.95. The lowest BCUT2D eigenvalue weighted by molar-refractivity contribution is 0.223. The first kappa shape index (κ1) is 11.8. The van der Waals surface area contributed by atoms with E-state index in [0.717, 1.165) is 12.1 Å². The second-order valence-corrected chi connectivity index (χ2v) is 4.10. The van der Waals surface area contributed by atoms with E-state index < -0.39 is 17.7 Å². The summed E-state index contributed by atoms with van der Waals surface area (Å²) >= 11 is 6.61. The van der Waals surface area contributed by atoms with Gasteiger partial charge in [0.25, 0.3) is 0 Å². The van der Waals surface area contributed by atoms with Crippen molar-refractivity contribution < 1.29 is 13.9 Å². The number of rotatable bonds is 4. The summed E-state index contributed by atoms with van der Waals surface area (Å²) in [4.78, 5) is 0.577. The molecule has 1 aromatic carbocycles. The second kappa shape index (κ2) is 5.53. The van der Waals surface area contributed by atoms with E-state index in [2.05, 4.69) is 0 Å². The van der Waals surface area contributed by atoms with Crippen LogP contribution >= 0.6 is 23.4 Å². The van der Waals surface area contributed by atoms with Crippen LogP contribution in [-0.4, -0.2) is 22.8 Å². The summed E-state index contributed by atoms with van der Waals surface area (Å²) in [5, 5.41) is 9.12. The smallest absolute Gasteiger partial charge is 0.159 e. The molecular weight excluding hydrogens is 230 g/mol. The Morgan fingerprint density at radius 2 is 2.07 bits per heavy atom. The van der Waals surface area contributed by atoms with Crippen molar-refractivity contribution in [3.8, 4) is 0 Å². The predicted octanol–water partition coefficient (Wildman–Crippen LogP) is 2.66. The van der Waals surface area contributed by atoms with Crippen molar-refractivity contribution in [1.29, 1.82) is 0 Å². The third-order valence-corrected chi connectivity index (χ3v) is 3.01. The molecule has 78 valence electrons. The van der Waals surface area contributed by atoms with Crippen molar-refractivity contribution >= 4 is 23.4 Å². The molecule has 1 atom stereocenters. The van der Waals surface area contributed by atoms with Gasteiger partial charge in [0.05, 0.1) is 6.10 Å². The maximum absolute atomic E-state index is 12.7. The molecule has 1 rings (SSSR count). The normalized spacial score (nSPS) is 12.9. The minimum Gasteiger partial charge on any atom is -0.391 e. The van der Waals surface area contributed by atoms with Crippen LogP contribution in [0.15, 0.2) is 23.1 Å². The van der Waals surface area contributed by atoms with Gasteiger partial charge in [0.1, 0.15) is 0 Å². The Bertz CT molecular complexity index is 309. The molecule has 1 aromatic rings. The maximum Gasteiger partial charge on any atom is 0.159 e. The molecule has 0 fully saturated rings. The Balaban J connectivity index is 2.55. The zero-order chi connectivity index (χ0) is 10.6. The van der Waals surface area contributed by atoms with Gasteiger partial charge in [-0.05, 0) is 18.2 Å². The summed E-state index contributed by atoms with van der Waals surface area (Å²) in [5.74, 6) is -1.24. The molecule has 0 amide bonds. The lowest BCUT2D eigenvalue weighted by atomic mass is 10.3. The molecule has 0 heterocycles. The average molecular weight is 239 g/mol. The van der Waals surface area contributed by atoms with Gasteiger partial charge in [0.15, 0.2) is 11.6 Å². The van der Waals surface area contributed by atoms with Crippen LogP contribution in [0.1, 0.15) is 0 Å². The van der Waals surface area contributed by atoms with Gasteiger partial charge in [-0.3, -0.25) is 0 Å². The van der Waals surface area contributed by atoms with E-state index in [0.29, 0.717) is 10.6 Å². The number of halogens is 3. The minimum absolute atomic E-state index is 0.136. The van der Waals surface area contributed by atoms with Gasteiger partial charge in [0, 0.05) is 16.5 Å². The van der Waals surface area contributed by atoms with Gasteiger partial charge in [-0.25, -0.2) is 8.78 Å². The van der Waals surface area contributed by atoms with Crippen LogP contribution in [0.3, 0.4) is 0 Å². The summed E-state index contributed by atoms with van der Waals surface area (Å²) in [6.07, 6.45) is -0.630. The van der Waals surface area contributed by atoms with Gasteiger partial charge < -0.3 is 5.11 Å². The maximum atomic E-state index is 12.7. The molecule has 1 N–H and O–H groups in total. The third-order valence-electron chi connectivity index (χ3n) is 1.51. The van der Waals surface area contributed by atoms with E-state index in [1.54, 1.807) is 0 Å². The third kappa shape index (κ3) is 3.44. The molecule has 1 nitrogen and oxygen atoms in total. The number of hydrogen-bond donors (Lipinski definition) is 1. The van der Waals surface area contributed by atoms with Gasteiger partial charge >= 0.3 is 0 Å². The summed E-state index contributed by atoms with van der Waals surface area (Å²) in [6, 6.07) is 3.62. The van der Waals surface area contributed by atoms with Crippen molar-refractivity contribution in [3.63, 3.8) is 0 Å². The topological polar surface area (TPSA) is 20.2 Å². The molecule has 0 radical (unpaired) electrons. The minimum atomic E-state index is -0.879. The van der Waals surface area contributed by atoms with Crippen LogP contribution in [0.25, 0.3) is 0 Å². The van der Waals surface area contributed by atoms with Gasteiger partial charge in [-0.2, -0.15) is 0 Å². The fourth-order valence-corrected chi connectivity index (χ4v) is 1.90. The molecule has 0 aliphatic carbocycles. The van der Waals surface area contributed by atoms with Crippen LogP contribution in [0.4, 0.5) is 8.78 Å². The highest BCUT2D eigenvalue weighted by atomic mass is 35.5. The molecule has 14 heavy (non-hydrogen) atoms. The number of benzene rings is 1. The average Bonchev–Trinajstić information content (AvgIpc) is 2.19. The summed E-state index contributed by atoms with van der Waals surface area (Å²) < 4.78 is 25.2. The van der Waals surface area contributed by atoms with Gasteiger partial charge in [-0.1, -0.05) is 0 Å².